The molecule has 0 bridgehead atoms. The lowest BCUT2D eigenvalue weighted by atomic mass is 9.79. The molecule has 0 saturated carbocycles. The van der Waals surface area contributed by atoms with Crippen molar-refractivity contribution in [2.45, 2.75) is 31.8 Å². The van der Waals surface area contributed by atoms with Gasteiger partial charge in [0.15, 0.2) is 0 Å². The second kappa shape index (κ2) is 5.33. The summed E-state index contributed by atoms with van der Waals surface area (Å²) in [5.74, 6) is -1.14. The largest absolute Gasteiger partial charge is 0.389 e. The predicted octanol–water partition coefficient (Wildman–Crippen LogP) is 2.26. The monoisotopic (exact) mass is 255 g/mol. The Balaban J connectivity index is 2.16. The Labute approximate surface area is 106 Å². The van der Waals surface area contributed by atoms with Crippen molar-refractivity contribution in [1.82, 2.24) is 5.32 Å². The lowest BCUT2D eigenvalue weighted by Gasteiger charge is -2.36. The maximum Gasteiger partial charge on any atom is 0.129 e. The van der Waals surface area contributed by atoms with Gasteiger partial charge in [-0.1, -0.05) is 6.07 Å². The van der Waals surface area contributed by atoms with E-state index in [1.807, 2.05) is 0 Å². The first kappa shape index (κ1) is 13.4. The molecule has 1 aromatic carbocycles. The van der Waals surface area contributed by atoms with Crippen LogP contribution in [0.5, 0.6) is 0 Å². The average molecular weight is 255 g/mol. The molecule has 2 nitrogen and oxygen atoms in total. The molecule has 0 aliphatic carbocycles. The van der Waals surface area contributed by atoms with Crippen LogP contribution in [0, 0.1) is 17.6 Å². The smallest absolute Gasteiger partial charge is 0.129 e. The third-order valence-electron chi connectivity index (χ3n) is 3.77. The quantitative estimate of drug-likeness (QED) is 0.868. The van der Waals surface area contributed by atoms with Gasteiger partial charge in [-0.25, -0.2) is 8.78 Å². The number of halogens is 2. The summed E-state index contributed by atoms with van der Waals surface area (Å²) in [6.07, 6.45) is 1.88. The van der Waals surface area contributed by atoms with E-state index in [9.17, 15) is 13.9 Å². The van der Waals surface area contributed by atoms with Crippen LogP contribution in [0.2, 0.25) is 0 Å². The summed E-state index contributed by atoms with van der Waals surface area (Å²) >= 11 is 0. The molecule has 0 amide bonds. The predicted molar refractivity (Wildman–Crippen MR) is 66.3 cm³/mol. The van der Waals surface area contributed by atoms with E-state index in [2.05, 4.69) is 5.32 Å². The van der Waals surface area contributed by atoms with Crippen molar-refractivity contribution in [3.05, 3.63) is 35.4 Å². The van der Waals surface area contributed by atoms with Crippen molar-refractivity contribution >= 4 is 0 Å². The number of nitrogens with one attached hydrogen (secondary N) is 1. The number of benzene rings is 1. The lowest BCUT2D eigenvalue weighted by Crippen LogP contribution is -2.45. The van der Waals surface area contributed by atoms with Crippen LogP contribution >= 0.6 is 0 Å². The third-order valence-corrected chi connectivity index (χ3v) is 3.77. The molecule has 2 rings (SSSR count). The first-order valence-corrected chi connectivity index (χ1v) is 6.36. The molecule has 1 aliphatic rings. The number of aliphatic hydroxyl groups is 1. The highest BCUT2D eigenvalue weighted by molar-refractivity contribution is 5.21. The van der Waals surface area contributed by atoms with Crippen LogP contribution in [-0.4, -0.2) is 23.8 Å². The van der Waals surface area contributed by atoms with Gasteiger partial charge in [-0.15, -0.1) is 0 Å². The van der Waals surface area contributed by atoms with Crippen LogP contribution in [0.25, 0.3) is 0 Å². The zero-order valence-electron chi connectivity index (χ0n) is 10.5. The minimum Gasteiger partial charge on any atom is -0.389 e. The molecule has 1 aromatic rings. The van der Waals surface area contributed by atoms with Crippen LogP contribution < -0.4 is 5.32 Å². The standard InChI is InChI=1S/C14H19F2NO/c1-14(18,10-4-3-7-17-9-10)8-11-12(15)5-2-6-13(11)16/h2,5-6,10,17-18H,3-4,7-9H2,1H3. The van der Waals surface area contributed by atoms with E-state index in [0.717, 1.165) is 19.4 Å². The number of piperidine rings is 1. The fraction of sp³-hybridized carbons (Fsp3) is 0.571. The van der Waals surface area contributed by atoms with Gasteiger partial charge in [-0.05, 0) is 38.4 Å². The Hall–Kier alpha value is -1.00. The van der Waals surface area contributed by atoms with E-state index in [1.165, 1.54) is 18.2 Å². The van der Waals surface area contributed by atoms with Gasteiger partial charge in [-0.3, -0.25) is 0 Å². The Morgan fingerprint density at radius 3 is 2.61 bits per heavy atom. The van der Waals surface area contributed by atoms with Gasteiger partial charge < -0.3 is 10.4 Å². The summed E-state index contributed by atoms with van der Waals surface area (Å²) in [7, 11) is 0. The first-order valence-electron chi connectivity index (χ1n) is 6.36. The number of rotatable bonds is 3. The molecular weight excluding hydrogens is 236 g/mol. The molecular formula is C14H19F2NO. The topological polar surface area (TPSA) is 32.3 Å². The Bertz CT molecular complexity index is 394. The van der Waals surface area contributed by atoms with Crippen molar-refractivity contribution in [3.63, 3.8) is 0 Å². The highest BCUT2D eigenvalue weighted by atomic mass is 19.1. The van der Waals surface area contributed by atoms with Crippen molar-refractivity contribution in [2.24, 2.45) is 5.92 Å². The van der Waals surface area contributed by atoms with E-state index in [-0.39, 0.29) is 17.9 Å². The van der Waals surface area contributed by atoms with Crippen molar-refractivity contribution in [1.29, 1.82) is 0 Å². The zero-order chi connectivity index (χ0) is 13.2. The summed E-state index contributed by atoms with van der Waals surface area (Å²) in [6.45, 7) is 3.31. The molecule has 2 N–H and O–H groups in total. The van der Waals surface area contributed by atoms with E-state index in [4.69, 9.17) is 0 Å². The minimum absolute atomic E-state index is 0.0118. The molecule has 2 atom stereocenters. The summed E-state index contributed by atoms with van der Waals surface area (Å²) in [5, 5.41) is 13.7. The zero-order valence-corrected chi connectivity index (χ0v) is 10.5. The fourth-order valence-corrected chi connectivity index (χ4v) is 2.59. The lowest BCUT2D eigenvalue weighted by molar-refractivity contribution is -0.0115. The van der Waals surface area contributed by atoms with Gasteiger partial charge in [0.25, 0.3) is 0 Å². The number of hydrogen-bond donors (Lipinski definition) is 2. The van der Waals surface area contributed by atoms with Gasteiger partial charge in [0, 0.05) is 24.4 Å². The summed E-state index contributed by atoms with van der Waals surface area (Å²) < 4.78 is 27.2. The minimum atomic E-state index is -1.09. The molecule has 1 heterocycles. The summed E-state index contributed by atoms with van der Waals surface area (Å²) in [6, 6.07) is 3.80. The molecule has 0 spiro atoms. The highest BCUT2D eigenvalue weighted by Crippen LogP contribution is 2.29. The van der Waals surface area contributed by atoms with Crippen LogP contribution in [0.1, 0.15) is 25.3 Å². The van der Waals surface area contributed by atoms with Crippen molar-refractivity contribution in [2.75, 3.05) is 13.1 Å². The van der Waals surface area contributed by atoms with E-state index < -0.39 is 17.2 Å². The Morgan fingerprint density at radius 2 is 2.06 bits per heavy atom. The Morgan fingerprint density at radius 1 is 1.39 bits per heavy atom. The molecule has 2 unspecified atom stereocenters. The van der Waals surface area contributed by atoms with Gasteiger partial charge in [-0.2, -0.15) is 0 Å². The van der Waals surface area contributed by atoms with Gasteiger partial charge in [0.1, 0.15) is 11.6 Å². The second-order valence-electron chi connectivity index (χ2n) is 5.28. The molecule has 0 radical (unpaired) electrons. The maximum absolute atomic E-state index is 13.6. The summed E-state index contributed by atoms with van der Waals surface area (Å²) in [4.78, 5) is 0. The molecule has 1 saturated heterocycles. The Kier molecular flexibility index (Phi) is 3.97. The van der Waals surface area contributed by atoms with Crippen LogP contribution in [0.4, 0.5) is 8.78 Å². The normalized spacial score (nSPS) is 23.7. The van der Waals surface area contributed by atoms with Crippen molar-refractivity contribution in [3.8, 4) is 0 Å². The van der Waals surface area contributed by atoms with Gasteiger partial charge in [0.05, 0.1) is 5.60 Å². The first-order chi connectivity index (χ1) is 8.50. The van der Waals surface area contributed by atoms with Crippen LogP contribution in [0.15, 0.2) is 18.2 Å². The van der Waals surface area contributed by atoms with Crippen LogP contribution in [-0.2, 0) is 6.42 Å². The van der Waals surface area contributed by atoms with Gasteiger partial charge in [0.2, 0.25) is 0 Å². The summed E-state index contributed by atoms with van der Waals surface area (Å²) in [5.41, 5.74) is -1.11. The fourth-order valence-electron chi connectivity index (χ4n) is 2.59. The average Bonchev–Trinajstić information content (AvgIpc) is 2.35. The van der Waals surface area contributed by atoms with Gasteiger partial charge >= 0.3 is 0 Å². The maximum atomic E-state index is 13.6. The number of hydrogen-bond acceptors (Lipinski definition) is 2. The third kappa shape index (κ3) is 2.87. The van der Waals surface area contributed by atoms with Crippen LogP contribution in [0.3, 0.4) is 0 Å². The molecule has 1 fully saturated rings. The van der Waals surface area contributed by atoms with E-state index >= 15 is 0 Å². The molecule has 18 heavy (non-hydrogen) atoms. The molecule has 100 valence electrons. The van der Waals surface area contributed by atoms with E-state index in [1.54, 1.807) is 6.92 Å². The molecule has 4 heteroatoms. The van der Waals surface area contributed by atoms with Crippen molar-refractivity contribution < 1.29 is 13.9 Å². The second-order valence-corrected chi connectivity index (χ2v) is 5.28. The molecule has 1 aliphatic heterocycles. The molecule has 0 aromatic heterocycles. The highest BCUT2D eigenvalue weighted by Gasteiger charge is 2.34. The SMILES string of the molecule is CC(O)(Cc1c(F)cccc1F)C1CCCNC1. The van der Waals surface area contributed by atoms with E-state index in [0.29, 0.717) is 6.54 Å².